The van der Waals surface area contributed by atoms with E-state index < -0.39 is 5.82 Å². The van der Waals surface area contributed by atoms with Crippen LogP contribution in [0.2, 0.25) is 0 Å². The van der Waals surface area contributed by atoms with Crippen LogP contribution in [0.4, 0.5) is 10.3 Å². The van der Waals surface area contributed by atoms with E-state index in [1.807, 2.05) is 18.7 Å². The molecule has 2 atom stereocenters. The van der Waals surface area contributed by atoms with E-state index in [9.17, 15) is 9.18 Å². The van der Waals surface area contributed by atoms with Gasteiger partial charge in [0.05, 0.1) is 23.9 Å². The van der Waals surface area contributed by atoms with E-state index in [2.05, 4.69) is 25.3 Å². The fourth-order valence-electron chi connectivity index (χ4n) is 3.62. The first kappa shape index (κ1) is 20.5. The normalized spacial score (nSPS) is 17.5. The van der Waals surface area contributed by atoms with Gasteiger partial charge in [-0.2, -0.15) is 4.98 Å². The summed E-state index contributed by atoms with van der Waals surface area (Å²) in [6.07, 6.45) is 3.64. The van der Waals surface area contributed by atoms with Gasteiger partial charge in [0.25, 0.3) is 5.91 Å². The van der Waals surface area contributed by atoms with E-state index in [1.165, 1.54) is 17.4 Å². The van der Waals surface area contributed by atoms with Crippen LogP contribution in [-0.2, 0) is 4.74 Å². The highest BCUT2D eigenvalue weighted by Gasteiger charge is 2.30. The number of carbonyl (C=O) groups excluding carboxylic acids is 1. The third kappa shape index (κ3) is 4.24. The molecule has 1 aliphatic rings. The fraction of sp³-hybridized carbons (Fsp3) is 0.450. The van der Waals surface area contributed by atoms with Crippen molar-refractivity contribution in [3.05, 3.63) is 40.5 Å². The van der Waals surface area contributed by atoms with Crippen molar-refractivity contribution in [3.63, 3.8) is 0 Å². The number of methoxy groups -OCH3 is 1. The van der Waals surface area contributed by atoms with Gasteiger partial charge in [0.1, 0.15) is 10.5 Å². The number of nitrogens with zero attached hydrogens (tertiary/aromatic N) is 5. The van der Waals surface area contributed by atoms with Crippen LogP contribution in [0, 0.1) is 18.7 Å². The van der Waals surface area contributed by atoms with Crippen molar-refractivity contribution < 1.29 is 13.9 Å². The number of hydrogen-bond acceptors (Lipinski definition) is 8. The summed E-state index contributed by atoms with van der Waals surface area (Å²) >= 11 is 1.41. The number of carbonyl (C=O) groups is 1. The zero-order valence-electron chi connectivity index (χ0n) is 17.1. The van der Waals surface area contributed by atoms with Crippen LogP contribution in [0.15, 0.2) is 18.5 Å². The second-order valence-corrected chi connectivity index (χ2v) is 8.65. The summed E-state index contributed by atoms with van der Waals surface area (Å²) < 4.78 is 19.4. The molecule has 0 saturated carbocycles. The molecule has 10 heteroatoms. The molecule has 0 radical (unpaired) electrons. The van der Waals surface area contributed by atoms with Gasteiger partial charge in [0.15, 0.2) is 11.3 Å². The lowest BCUT2D eigenvalue weighted by atomic mass is 10.1. The first-order valence-corrected chi connectivity index (χ1v) is 10.6. The molecule has 8 nitrogen and oxygen atoms in total. The highest BCUT2D eigenvalue weighted by molar-refractivity contribution is 7.18. The van der Waals surface area contributed by atoms with Crippen LogP contribution in [0.25, 0.3) is 10.3 Å². The SMILES string of the molecule is COC[C@@H]1CCN(C(=O)c2nc(NC(C)c3cncc(F)c3)nc3nc(C)sc23)C1. The van der Waals surface area contributed by atoms with E-state index in [-0.39, 0.29) is 17.9 Å². The van der Waals surface area contributed by atoms with Crippen LogP contribution in [0.1, 0.15) is 40.4 Å². The Balaban J connectivity index is 1.63. The topological polar surface area (TPSA) is 93.1 Å². The third-order valence-corrected chi connectivity index (χ3v) is 6.08. The van der Waals surface area contributed by atoms with Gasteiger partial charge >= 0.3 is 0 Å². The highest BCUT2D eigenvalue weighted by Crippen LogP contribution is 2.28. The lowest BCUT2D eigenvalue weighted by Crippen LogP contribution is -2.30. The highest BCUT2D eigenvalue weighted by atomic mass is 32.1. The Hall–Kier alpha value is -2.72. The monoisotopic (exact) mass is 430 g/mol. The number of rotatable bonds is 6. The average Bonchev–Trinajstić information content (AvgIpc) is 3.33. The number of ether oxygens (including phenoxy) is 1. The molecular formula is C20H23FN6O2S. The van der Waals surface area contributed by atoms with Crippen molar-refractivity contribution in [2.24, 2.45) is 5.92 Å². The van der Waals surface area contributed by atoms with Crippen LogP contribution < -0.4 is 5.32 Å². The quantitative estimate of drug-likeness (QED) is 0.642. The number of likely N-dealkylation sites (tertiary alicyclic amines) is 1. The summed E-state index contributed by atoms with van der Waals surface area (Å²) in [5, 5.41) is 3.96. The second-order valence-electron chi connectivity index (χ2n) is 7.45. The molecule has 1 aliphatic heterocycles. The molecule has 4 heterocycles. The molecule has 0 spiro atoms. The number of hydrogen-bond donors (Lipinski definition) is 1. The van der Waals surface area contributed by atoms with Gasteiger partial charge in [-0.05, 0) is 31.9 Å². The molecule has 0 aliphatic carbocycles. The molecule has 0 bridgehead atoms. The van der Waals surface area contributed by atoms with Crippen molar-refractivity contribution in [1.29, 1.82) is 0 Å². The zero-order chi connectivity index (χ0) is 21.3. The Morgan fingerprint density at radius 1 is 1.40 bits per heavy atom. The van der Waals surface area contributed by atoms with E-state index >= 15 is 0 Å². The maximum Gasteiger partial charge on any atom is 0.274 e. The largest absolute Gasteiger partial charge is 0.384 e. The lowest BCUT2D eigenvalue weighted by Gasteiger charge is -2.18. The third-order valence-electron chi connectivity index (χ3n) is 5.11. The minimum Gasteiger partial charge on any atom is -0.384 e. The Morgan fingerprint density at radius 3 is 3.00 bits per heavy atom. The van der Waals surface area contributed by atoms with Crippen molar-refractivity contribution in [2.75, 3.05) is 32.1 Å². The number of pyridine rings is 1. The van der Waals surface area contributed by atoms with Crippen molar-refractivity contribution in [3.8, 4) is 0 Å². The molecule has 3 aromatic rings. The molecule has 30 heavy (non-hydrogen) atoms. The maximum atomic E-state index is 13.5. The minimum atomic E-state index is -0.414. The number of aryl methyl sites for hydroxylation is 1. The van der Waals surface area contributed by atoms with Crippen LogP contribution >= 0.6 is 11.3 Å². The summed E-state index contributed by atoms with van der Waals surface area (Å²) in [6.45, 7) is 5.68. The molecule has 1 amide bonds. The Labute approximate surface area is 177 Å². The number of halogens is 1. The Kier molecular flexibility index (Phi) is 5.87. The fourth-order valence-corrected chi connectivity index (χ4v) is 4.46. The summed E-state index contributed by atoms with van der Waals surface area (Å²) in [5.74, 6) is 0.0639. The summed E-state index contributed by atoms with van der Waals surface area (Å²) in [5.41, 5.74) is 1.48. The smallest absolute Gasteiger partial charge is 0.274 e. The number of aromatic nitrogens is 4. The lowest BCUT2D eigenvalue weighted by molar-refractivity contribution is 0.0772. The van der Waals surface area contributed by atoms with Crippen LogP contribution in [0.5, 0.6) is 0 Å². The van der Waals surface area contributed by atoms with E-state index in [0.29, 0.717) is 47.2 Å². The van der Waals surface area contributed by atoms with Crippen LogP contribution in [0.3, 0.4) is 0 Å². The van der Waals surface area contributed by atoms with Gasteiger partial charge in [0.2, 0.25) is 5.95 Å². The van der Waals surface area contributed by atoms with Gasteiger partial charge < -0.3 is 15.0 Å². The summed E-state index contributed by atoms with van der Waals surface area (Å²) in [6, 6.07) is 1.11. The molecular weight excluding hydrogens is 407 g/mol. The molecule has 1 fully saturated rings. The van der Waals surface area contributed by atoms with Crippen molar-refractivity contribution in [1.82, 2.24) is 24.8 Å². The first-order chi connectivity index (χ1) is 14.4. The Morgan fingerprint density at radius 2 is 2.23 bits per heavy atom. The predicted molar refractivity (Wildman–Crippen MR) is 112 cm³/mol. The van der Waals surface area contributed by atoms with Gasteiger partial charge in [-0.25, -0.2) is 14.4 Å². The molecule has 1 N–H and O–H groups in total. The number of nitrogens with one attached hydrogen (secondary N) is 1. The average molecular weight is 431 g/mol. The van der Waals surface area contributed by atoms with Gasteiger partial charge in [-0.15, -0.1) is 11.3 Å². The molecule has 0 aromatic carbocycles. The zero-order valence-corrected chi connectivity index (χ0v) is 17.9. The maximum absolute atomic E-state index is 13.5. The number of thiazole rings is 1. The molecule has 1 unspecified atom stereocenters. The number of fused-ring (bicyclic) bond motifs is 1. The number of anilines is 1. The Bertz CT molecular complexity index is 1070. The molecule has 4 rings (SSSR count). The van der Waals surface area contributed by atoms with Crippen molar-refractivity contribution >= 4 is 33.5 Å². The predicted octanol–water partition coefficient (Wildman–Crippen LogP) is 3.21. The van der Waals surface area contributed by atoms with Crippen LogP contribution in [-0.4, -0.2) is 57.5 Å². The van der Waals surface area contributed by atoms with Gasteiger partial charge in [0, 0.05) is 32.3 Å². The minimum absolute atomic E-state index is 0.132. The van der Waals surface area contributed by atoms with E-state index in [1.54, 1.807) is 13.3 Å². The standard InChI is InChI=1S/C20H23FN6O2S/c1-11(14-6-15(21)8-22-7-14)23-20-25-16(17-18(26-20)24-12(2)30-17)19(28)27-5-4-13(9-27)10-29-3/h6-8,11,13H,4-5,9-10H2,1-3H3,(H,23,25,26)/t11?,13-/m1/s1. The van der Waals surface area contributed by atoms with Gasteiger partial charge in [-0.3, -0.25) is 9.78 Å². The second kappa shape index (κ2) is 8.57. The van der Waals surface area contributed by atoms with E-state index in [0.717, 1.165) is 17.6 Å². The summed E-state index contributed by atoms with van der Waals surface area (Å²) in [4.78, 5) is 32.4. The summed E-state index contributed by atoms with van der Waals surface area (Å²) in [7, 11) is 1.67. The van der Waals surface area contributed by atoms with Gasteiger partial charge in [-0.1, -0.05) is 0 Å². The number of amides is 1. The van der Waals surface area contributed by atoms with E-state index in [4.69, 9.17) is 4.74 Å². The first-order valence-electron chi connectivity index (χ1n) is 9.75. The molecule has 1 saturated heterocycles. The molecule has 158 valence electrons. The van der Waals surface area contributed by atoms with Crippen molar-refractivity contribution in [2.45, 2.75) is 26.3 Å². The molecule has 3 aromatic heterocycles.